The van der Waals surface area contributed by atoms with E-state index in [2.05, 4.69) is 62.7 Å². The van der Waals surface area contributed by atoms with Gasteiger partial charge in [-0.15, -0.1) is 0 Å². The Hall–Kier alpha value is -3.87. The SMILES string of the molecule is N#Cc1c2c(c(N3CCC(C#N)CC3)n3c1nc1ccccc13)CN(CCc1ccccc1)CC2. The van der Waals surface area contributed by atoms with E-state index in [1.807, 2.05) is 18.2 Å². The molecular weight excluding hydrogens is 432 g/mol. The molecule has 6 nitrogen and oxygen atoms in total. The summed E-state index contributed by atoms with van der Waals surface area (Å²) in [4.78, 5) is 9.88. The number of aromatic nitrogens is 2. The van der Waals surface area contributed by atoms with Crippen LogP contribution in [0.15, 0.2) is 54.6 Å². The van der Waals surface area contributed by atoms with Gasteiger partial charge in [0.2, 0.25) is 0 Å². The Morgan fingerprint density at radius 2 is 1.69 bits per heavy atom. The minimum atomic E-state index is 0.123. The van der Waals surface area contributed by atoms with Crippen LogP contribution in [0.3, 0.4) is 0 Å². The standard InChI is InChI=1S/C29H28N6/c30-18-22-11-16-34(17-12-22)29-25-20-33(14-10-21-6-2-1-3-7-21)15-13-23(25)24(19-31)28-32-26-8-4-5-9-27(26)35(28)29/h1-9,22H,10-17,20H2. The lowest BCUT2D eigenvalue weighted by atomic mass is 9.93. The number of para-hydroxylation sites is 2. The average molecular weight is 461 g/mol. The summed E-state index contributed by atoms with van der Waals surface area (Å²) in [6, 6.07) is 23.8. The highest BCUT2D eigenvalue weighted by Crippen LogP contribution is 2.38. The smallest absolute Gasteiger partial charge is 0.157 e. The summed E-state index contributed by atoms with van der Waals surface area (Å²) in [5.74, 6) is 1.29. The summed E-state index contributed by atoms with van der Waals surface area (Å²) < 4.78 is 2.22. The molecule has 0 atom stereocenters. The van der Waals surface area contributed by atoms with E-state index in [1.165, 1.54) is 16.9 Å². The molecule has 0 unspecified atom stereocenters. The topological polar surface area (TPSA) is 71.4 Å². The van der Waals surface area contributed by atoms with E-state index in [9.17, 15) is 10.5 Å². The van der Waals surface area contributed by atoms with Gasteiger partial charge in [-0.2, -0.15) is 10.5 Å². The Morgan fingerprint density at radius 3 is 2.46 bits per heavy atom. The van der Waals surface area contributed by atoms with E-state index in [-0.39, 0.29) is 5.92 Å². The Balaban J connectivity index is 1.47. The van der Waals surface area contributed by atoms with Crippen LogP contribution in [-0.4, -0.2) is 40.5 Å². The summed E-state index contributed by atoms with van der Waals surface area (Å²) in [6.45, 7) is 4.46. The number of hydrogen-bond donors (Lipinski definition) is 0. The van der Waals surface area contributed by atoms with Gasteiger partial charge in [0.25, 0.3) is 0 Å². The number of nitrogens with zero attached hydrogens (tertiary/aromatic N) is 6. The first kappa shape index (κ1) is 21.6. The Bertz CT molecular complexity index is 1460. The molecule has 0 N–H and O–H groups in total. The molecule has 6 rings (SSSR count). The van der Waals surface area contributed by atoms with Crippen LogP contribution in [-0.2, 0) is 19.4 Å². The van der Waals surface area contributed by atoms with Gasteiger partial charge in [-0.1, -0.05) is 42.5 Å². The van der Waals surface area contributed by atoms with Gasteiger partial charge in [-0.3, -0.25) is 9.30 Å². The molecule has 2 aliphatic rings. The maximum absolute atomic E-state index is 10.2. The van der Waals surface area contributed by atoms with Crippen LogP contribution >= 0.6 is 0 Å². The van der Waals surface area contributed by atoms with Gasteiger partial charge < -0.3 is 4.90 Å². The third kappa shape index (κ3) is 3.81. The summed E-state index contributed by atoms with van der Waals surface area (Å²) in [5.41, 5.74) is 7.21. The zero-order chi connectivity index (χ0) is 23.8. The van der Waals surface area contributed by atoms with Crippen LogP contribution in [0.2, 0.25) is 0 Å². The molecule has 174 valence electrons. The van der Waals surface area contributed by atoms with E-state index in [1.54, 1.807) is 0 Å². The molecule has 0 bridgehead atoms. The second kappa shape index (κ2) is 9.06. The second-order valence-corrected chi connectivity index (χ2v) is 9.68. The number of hydrogen-bond acceptors (Lipinski definition) is 5. The molecule has 2 aromatic carbocycles. The number of imidazole rings is 1. The third-order valence-corrected chi connectivity index (χ3v) is 7.64. The number of anilines is 1. The lowest BCUT2D eigenvalue weighted by Crippen LogP contribution is -2.39. The first-order valence-corrected chi connectivity index (χ1v) is 12.5. The number of pyridine rings is 1. The molecule has 4 aromatic rings. The first-order chi connectivity index (χ1) is 17.3. The maximum Gasteiger partial charge on any atom is 0.157 e. The highest BCUT2D eigenvalue weighted by Gasteiger charge is 2.31. The maximum atomic E-state index is 10.2. The van der Waals surface area contributed by atoms with Crippen LogP contribution in [0.1, 0.15) is 35.1 Å². The summed E-state index contributed by atoms with van der Waals surface area (Å²) in [7, 11) is 0. The largest absolute Gasteiger partial charge is 0.357 e. The molecule has 0 radical (unpaired) electrons. The predicted molar refractivity (Wildman–Crippen MR) is 137 cm³/mol. The van der Waals surface area contributed by atoms with E-state index < -0.39 is 0 Å². The van der Waals surface area contributed by atoms with Gasteiger partial charge in [-0.05, 0) is 48.9 Å². The van der Waals surface area contributed by atoms with Crippen molar-refractivity contribution >= 4 is 22.5 Å². The number of fused-ring (bicyclic) bond motifs is 4. The molecule has 4 heterocycles. The van der Waals surface area contributed by atoms with Crippen molar-refractivity contribution in [1.82, 2.24) is 14.3 Å². The number of rotatable bonds is 4. The monoisotopic (exact) mass is 460 g/mol. The lowest BCUT2D eigenvalue weighted by Gasteiger charge is -2.37. The van der Waals surface area contributed by atoms with Crippen LogP contribution in [0.4, 0.5) is 5.82 Å². The van der Waals surface area contributed by atoms with Gasteiger partial charge in [0.1, 0.15) is 11.9 Å². The normalized spacial score (nSPS) is 16.8. The van der Waals surface area contributed by atoms with Crippen molar-refractivity contribution in [3.63, 3.8) is 0 Å². The highest BCUT2D eigenvalue weighted by molar-refractivity contribution is 5.86. The van der Waals surface area contributed by atoms with Crippen molar-refractivity contribution in [2.45, 2.75) is 32.2 Å². The number of piperidine rings is 1. The van der Waals surface area contributed by atoms with Crippen molar-refractivity contribution in [2.75, 3.05) is 31.1 Å². The fourth-order valence-electron chi connectivity index (χ4n) is 5.77. The van der Waals surface area contributed by atoms with Gasteiger partial charge in [0.05, 0.1) is 22.7 Å². The molecule has 6 heteroatoms. The van der Waals surface area contributed by atoms with Crippen LogP contribution in [0, 0.1) is 28.6 Å². The Labute approximate surface area is 205 Å². The van der Waals surface area contributed by atoms with Crippen LogP contribution < -0.4 is 4.90 Å². The van der Waals surface area contributed by atoms with Crippen molar-refractivity contribution in [3.8, 4) is 12.1 Å². The lowest BCUT2D eigenvalue weighted by molar-refractivity contribution is 0.257. The van der Waals surface area contributed by atoms with Gasteiger partial charge in [-0.25, -0.2) is 4.98 Å². The Kier molecular flexibility index (Phi) is 5.60. The van der Waals surface area contributed by atoms with Crippen molar-refractivity contribution in [1.29, 1.82) is 10.5 Å². The van der Waals surface area contributed by atoms with Gasteiger partial charge >= 0.3 is 0 Å². The minimum Gasteiger partial charge on any atom is -0.357 e. The highest BCUT2D eigenvalue weighted by atomic mass is 15.3. The zero-order valence-corrected chi connectivity index (χ0v) is 19.8. The van der Waals surface area contributed by atoms with Crippen molar-refractivity contribution < 1.29 is 0 Å². The van der Waals surface area contributed by atoms with E-state index >= 15 is 0 Å². The fourth-order valence-corrected chi connectivity index (χ4v) is 5.77. The fraction of sp³-hybridized carbons (Fsp3) is 0.345. The van der Waals surface area contributed by atoms with Crippen LogP contribution in [0.5, 0.6) is 0 Å². The van der Waals surface area contributed by atoms with Crippen LogP contribution in [0.25, 0.3) is 16.7 Å². The molecule has 1 saturated heterocycles. The second-order valence-electron chi connectivity index (χ2n) is 9.68. The van der Waals surface area contributed by atoms with E-state index in [0.29, 0.717) is 0 Å². The number of nitriles is 2. The van der Waals surface area contributed by atoms with E-state index in [4.69, 9.17) is 4.98 Å². The quantitative estimate of drug-likeness (QED) is 0.441. The van der Waals surface area contributed by atoms with Gasteiger partial charge in [0, 0.05) is 44.2 Å². The molecule has 0 aliphatic carbocycles. The summed E-state index contributed by atoms with van der Waals surface area (Å²) in [5, 5.41) is 19.7. The van der Waals surface area contributed by atoms with E-state index in [0.717, 1.165) is 86.2 Å². The molecule has 0 spiro atoms. The Morgan fingerprint density at radius 1 is 0.914 bits per heavy atom. The first-order valence-electron chi connectivity index (χ1n) is 12.5. The van der Waals surface area contributed by atoms with Crippen molar-refractivity contribution in [2.24, 2.45) is 5.92 Å². The van der Waals surface area contributed by atoms with Crippen molar-refractivity contribution in [3.05, 3.63) is 76.9 Å². The predicted octanol–water partition coefficient (Wildman–Crippen LogP) is 4.70. The molecule has 2 aliphatic heterocycles. The third-order valence-electron chi connectivity index (χ3n) is 7.64. The average Bonchev–Trinajstić information content (AvgIpc) is 3.30. The summed E-state index contributed by atoms with van der Waals surface area (Å²) in [6.07, 6.45) is 3.61. The molecule has 35 heavy (non-hydrogen) atoms. The molecule has 1 fully saturated rings. The molecule has 0 amide bonds. The molecule has 2 aromatic heterocycles. The molecule has 0 saturated carbocycles. The zero-order valence-electron chi connectivity index (χ0n) is 19.8. The number of benzene rings is 2. The molecular formula is C29H28N6. The minimum absolute atomic E-state index is 0.123. The summed E-state index contributed by atoms with van der Waals surface area (Å²) >= 11 is 0. The van der Waals surface area contributed by atoms with Gasteiger partial charge in [0.15, 0.2) is 5.65 Å².